The van der Waals surface area contributed by atoms with Crippen molar-refractivity contribution in [1.82, 2.24) is 10.6 Å². The Hall–Kier alpha value is -1.81. The topological polar surface area (TPSA) is 159 Å². The van der Waals surface area contributed by atoms with Gasteiger partial charge in [-0.25, -0.2) is 4.79 Å². The molecule has 0 aromatic carbocycles. The first-order valence-electron chi connectivity index (χ1n) is 7.51. The smallest absolute Gasteiger partial charge is 0.326 e. The second-order valence-electron chi connectivity index (χ2n) is 5.71. The molecule has 10 heteroatoms. The van der Waals surface area contributed by atoms with Crippen molar-refractivity contribution < 1.29 is 29.4 Å². The number of amides is 2. The molecule has 3 atom stereocenters. The molecule has 0 saturated heterocycles. The van der Waals surface area contributed by atoms with Crippen LogP contribution in [0.15, 0.2) is 0 Å². The molecule has 0 radical (unpaired) electrons. The Kier molecular flexibility index (Phi) is 10.0. The van der Waals surface area contributed by atoms with E-state index >= 15 is 0 Å². The summed E-state index contributed by atoms with van der Waals surface area (Å²) in [6, 6.07) is -3.08. The third-order valence-electron chi connectivity index (χ3n) is 3.30. The average molecular weight is 363 g/mol. The van der Waals surface area contributed by atoms with Gasteiger partial charge in [-0.15, -0.1) is 0 Å². The minimum absolute atomic E-state index is 0.00333. The number of thiol groups is 1. The van der Waals surface area contributed by atoms with Gasteiger partial charge in [0.15, 0.2) is 0 Å². The van der Waals surface area contributed by atoms with Gasteiger partial charge in [0.25, 0.3) is 0 Å². The van der Waals surface area contributed by atoms with Crippen LogP contribution < -0.4 is 16.4 Å². The molecule has 0 aliphatic rings. The predicted molar refractivity (Wildman–Crippen MR) is 89.7 cm³/mol. The van der Waals surface area contributed by atoms with E-state index in [1.54, 1.807) is 13.8 Å². The lowest BCUT2D eigenvalue weighted by Crippen LogP contribution is -2.53. The fraction of sp³-hybridized carbons (Fsp3) is 0.714. The van der Waals surface area contributed by atoms with Crippen LogP contribution in [0.1, 0.15) is 33.1 Å². The molecule has 0 aliphatic heterocycles. The Balaban J connectivity index is 4.47. The number of hydrogen-bond acceptors (Lipinski definition) is 6. The fourth-order valence-corrected chi connectivity index (χ4v) is 2.09. The van der Waals surface area contributed by atoms with Crippen LogP contribution in [0.3, 0.4) is 0 Å². The summed E-state index contributed by atoms with van der Waals surface area (Å²) in [6.07, 6.45) is 0.393. The predicted octanol–water partition coefficient (Wildman–Crippen LogP) is -0.791. The molecule has 0 heterocycles. The summed E-state index contributed by atoms with van der Waals surface area (Å²) in [7, 11) is 0. The Bertz CT molecular complexity index is 471. The second kappa shape index (κ2) is 10.9. The van der Waals surface area contributed by atoms with E-state index in [1.165, 1.54) is 0 Å². The molecule has 138 valence electrons. The van der Waals surface area contributed by atoms with Crippen molar-refractivity contribution in [1.29, 1.82) is 0 Å². The van der Waals surface area contributed by atoms with E-state index in [1.807, 2.05) is 0 Å². The molecule has 6 N–H and O–H groups in total. The Morgan fingerprint density at radius 3 is 2.08 bits per heavy atom. The number of rotatable bonds is 11. The Morgan fingerprint density at radius 2 is 1.67 bits per heavy atom. The normalized spacial score (nSPS) is 14.5. The van der Waals surface area contributed by atoms with Crippen LogP contribution in [0.25, 0.3) is 0 Å². The van der Waals surface area contributed by atoms with Gasteiger partial charge in [0.05, 0.1) is 0 Å². The van der Waals surface area contributed by atoms with Gasteiger partial charge in [0.1, 0.15) is 18.1 Å². The number of hydrogen-bond donors (Lipinski definition) is 6. The number of aliphatic carboxylic acids is 2. The summed E-state index contributed by atoms with van der Waals surface area (Å²) < 4.78 is 0. The van der Waals surface area contributed by atoms with E-state index in [9.17, 15) is 19.2 Å². The van der Waals surface area contributed by atoms with Gasteiger partial charge >= 0.3 is 11.9 Å². The zero-order valence-corrected chi connectivity index (χ0v) is 14.6. The van der Waals surface area contributed by atoms with Gasteiger partial charge in [0, 0.05) is 12.2 Å². The number of nitrogens with two attached hydrogens (primary N) is 1. The third-order valence-corrected chi connectivity index (χ3v) is 3.67. The maximum atomic E-state index is 12.1. The largest absolute Gasteiger partial charge is 0.480 e. The monoisotopic (exact) mass is 363 g/mol. The summed E-state index contributed by atoms with van der Waals surface area (Å²) in [4.78, 5) is 45.5. The lowest BCUT2D eigenvalue weighted by atomic mass is 10.0. The maximum absolute atomic E-state index is 12.1. The van der Waals surface area contributed by atoms with Crippen molar-refractivity contribution in [3.8, 4) is 0 Å². The highest BCUT2D eigenvalue weighted by Crippen LogP contribution is 2.04. The summed E-state index contributed by atoms with van der Waals surface area (Å²) in [6.45, 7) is 3.30. The first-order valence-corrected chi connectivity index (χ1v) is 8.15. The molecule has 24 heavy (non-hydrogen) atoms. The SMILES string of the molecule is CC(C)[C@H](NC(=O)[C@@H](CS)NC(=O)CCCC(N)C(=O)O)C(=O)O. The van der Waals surface area contributed by atoms with Crippen LogP contribution >= 0.6 is 12.6 Å². The summed E-state index contributed by atoms with van der Waals surface area (Å²) in [5.41, 5.74) is 5.33. The average Bonchev–Trinajstić information content (AvgIpc) is 2.48. The van der Waals surface area contributed by atoms with Crippen LogP contribution in [0.2, 0.25) is 0 Å². The molecular weight excluding hydrogens is 338 g/mol. The van der Waals surface area contributed by atoms with Crippen molar-refractivity contribution >= 4 is 36.4 Å². The Labute approximate surface area is 145 Å². The van der Waals surface area contributed by atoms with Crippen LogP contribution in [-0.2, 0) is 19.2 Å². The molecule has 0 rings (SSSR count). The van der Waals surface area contributed by atoms with Gasteiger partial charge in [-0.3, -0.25) is 14.4 Å². The van der Waals surface area contributed by atoms with Gasteiger partial charge in [0.2, 0.25) is 11.8 Å². The van der Waals surface area contributed by atoms with Crippen LogP contribution in [0, 0.1) is 5.92 Å². The van der Waals surface area contributed by atoms with Crippen molar-refractivity contribution in [3.05, 3.63) is 0 Å². The minimum atomic E-state index is -1.16. The zero-order chi connectivity index (χ0) is 18.9. The standard InChI is InChI=1S/C14H25N3O6S/c1-7(2)11(14(22)23)17-12(19)9(6-24)16-10(18)5-3-4-8(15)13(20)21/h7-9,11,24H,3-6,15H2,1-2H3,(H,16,18)(H,17,19)(H,20,21)(H,22,23)/t8?,9-,11+/m1/s1. The number of carbonyl (C=O) groups excluding carboxylic acids is 2. The molecule has 0 spiro atoms. The van der Waals surface area contributed by atoms with Crippen molar-refractivity contribution in [2.45, 2.75) is 51.2 Å². The summed E-state index contributed by atoms with van der Waals surface area (Å²) in [5, 5.41) is 22.5. The Morgan fingerprint density at radius 1 is 1.08 bits per heavy atom. The van der Waals surface area contributed by atoms with Gasteiger partial charge in [-0.1, -0.05) is 13.8 Å². The van der Waals surface area contributed by atoms with Gasteiger partial charge in [-0.05, 0) is 18.8 Å². The molecule has 0 aromatic rings. The lowest BCUT2D eigenvalue weighted by molar-refractivity contribution is -0.143. The third kappa shape index (κ3) is 8.16. The van der Waals surface area contributed by atoms with E-state index in [2.05, 4.69) is 23.3 Å². The maximum Gasteiger partial charge on any atom is 0.326 e. The van der Waals surface area contributed by atoms with Gasteiger partial charge < -0.3 is 26.6 Å². The molecule has 9 nitrogen and oxygen atoms in total. The van der Waals surface area contributed by atoms with Crippen LogP contribution in [0.4, 0.5) is 0 Å². The van der Waals surface area contributed by atoms with Crippen molar-refractivity contribution in [3.63, 3.8) is 0 Å². The van der Waals surface area contributed by atoms with E-state index in [-0.39, 0.29) is 30.9 Å². The lowest BCUT2D eigenvalue weighted by Gasteiger charge is -2.22. The van der Waals surface area contributed by atoms with Crippen LogP contribution in [-0.4, -0.2) is 57.8 Å². The molecule has 0 aliphatic carbocycles. The summed E-state index contributed by atoms with van der Waals surface area (Å²) in [5.74, 6) is -3.72. The second-order valence-corrected chi connectivity index (χ2v) is 6.07. The molecule has 2 amide bonds. The van der Waals surface area contributed by atoms with E-state index in [0.29, 0.717) is 0 Å². The van der Waals surface area contributed by atoms with E-state index in [4.69, 9.17) is 15.9 Å². The summed E-state index contributed by atoms with van der Waals surface area (Å²) >= 11 is 3.99. The van der Waals surface area contributed by atoms with Crippen LogP contribution in [0.5, 0.6) is 0 Å². The van der Waals surface area contributed by atoms with E-state index in [0.717, 1.165) is 0 Å². The first-order chi connectivity index (χ1) is 11.1. The highest BCUT2D eigenvalue weighted by molar-refractivity contribution is 7.80. The molecule has 0 fully saturated rings. The molecular formula is C14H25N3O6S. The highest BCUT2D eigenvalue weighted by Gasteiger charge is 2.27. The van der Waals surface area contributed by atoms with Gasteiger partial charge in [-0.2, -0.15) is 12.6 Å². The van der Waals surface area contributed by atoms with Crippen molar-refractivity contribution in [2.75, 3.05) is 5.75 Å². The highest BCUT2D eigenvalue weighted by atomic mass is 32.1. The molecule has 0 aromatic heterocycles. The zero-order valence-electron chi connectivity index (χ0n) is 13.7. The van der Waals surface area contributed by atoms with Crippen molar-refractivity contribution in [2.24, 2.45) is 11.7 Å². The fourth-order valence-electron chi connectivity index (χ4n) is 1.83. The first kappa shape index (κ1) is 22.2. The number of carboxylic acids is 2. The molecule has 1 unspecified atom stereocenters. The number of nitrogens with one attached hydrogen (secondary N) is 2. The minimum Gasteiger partial charge on any atom is -0.480 e. The van der Waals surface area contributed by atoms with E-state index < -0.39 is 41.9 Å². The molecule has 0 saturated carbocycles. The molecule has 0 bridgehead atoms. The number of carboxylic acid groups (broad SMARTS) is 2. The quantitative estimate of drug-likeness (QED) is 0.262. The number of carbonyl (C=O) groups is 4.